The first-order valence-electron chi connectivity index (χ1n) is 7.42. The van der Waals surface area contributed by atoms with Crippen LogP contribution in [0.4, 0.5) is 0 Å². The van der Waals surface area contributed by atoms with E-state index in [1.165, 1.54) is 12.8 Å². The Morgan fingerprint density at radius 3 is 2.26 bits per heavy atom. The molecule has 0 radical (unpaired) electrons. The van der Waals surface area contributed by atoms with Gasteiger partial charge in [-0.1, -0.05) is 20.8 Å². The van der Waals surface area contributed by atoms with E-state index in [2.05, 4.69) is 44.2 Å². The normalized spacial score (nSPS) is 31.3. The maximum Gasteiger partial charge on any atom is 0.259 e. The second-order valence-corrected chi connectivity index (χ2v) is 12.3. The average molecular weight is 284 g/mol. The zero-order valence-corrected chi connectivity index (χ0v) is 14.0. The highest BCUT2D eigenvalue weighted by Crippen LogP contribution is 2.36. The van der Waals surface area contributed by atoms with E-state index >= 15 is 0 Å². The highest BCUT2D eigenvalue weighted by molar-refractivity contribution is 6.74. The molecular weight excluding hydrogens is 256 g/mol. The Labute approximate surface area is 118 Å². The van der Waals surface area contributed by atoms with Crippen molar-refractivity contribution < 1.29 is 9.32 Å². The molecule has 1 N–H and O–H groups in total. The van der Waals surface area contributed by atoms with Crippen molar-refractivity contribution in [2.75, 3.05) is 13.1 Å². The van der Waals surface area contributed by atoms with Crippen molar-refractivity contribution in [3.8, 4) is 0 Å². The number of carbonyl (C=O) groups is 1. The molecule has 2 bridgehead atoms. The van der Waals surface area contributed by atoms with Gasteiger partial charge in [-0.3, -0.25) is 9.69 Å². The molecule has 3 saturated heterocycles. The van der Waals surface area contributed by atoms with Gasteiger partial charge < -0.3 is 4.53 Å². The van der Waals surface area contributed by atoms with Crippen LogP contribution in [-0.2, 0) is 9.32 Å². The van der Waals surface area contributed by atoms with Crippen LogP contribution in [0.15, 0.2) is 0 Å². The molecule has 5 heteroatoms. The third-order valence-electron chi connectivity index (χ3n) is 5.16. The molecule has 0 saturated carbocycles. The van der Waals surface area contributed by atoms with Crippen molar-refractivity contribution >= 4 is 14.2 Å². The minimum Gasteiger partial charge on any atom is -0.319 e. The molecule has 110 valence electrons. The van der Waals surface area contributed by atoms with Gasteiger partial charge in [0, 0.05) is 0 Å². The molecule has 1 amide bonds. The summed E-state index contributed by atoms with van der Waals surface area (Å²) in [5.41, 5.74) is 2.77. The topological polar surface area (TPSA) is 41.6 Å². The first-order valence-corrected chi connectivity index (χ1v) is 10.3. The molecule has 3 aliphatic heterocycles. The van der Waals surface area contributed by atoms with Crippen LogP contribution >= 0.6 is 0 Å². The van der Waals surface area contributed by atoms with Gasteiger partial charge >= 0.3 is 0 Å². The van der Waals surface area contributed by atoms with E-state index < -0.39 is 8.32 Å². The van der Waals surface area contributed by atoms with Crippen LogP contribution in [0.1, 0.15) is 40.0 Å². The monoisotopic (exact) mass is 284 g/mol. The molecule has 19 heavy (non-hydrogen) atoms. The van der Waals surface area contributed by atoms with Crippen LogP contribution in [0.25, 0.3) is 0 Å². The van der Waals surface area contributed by atoms with E-state index in [-0.39, 0.29) is 17.0 Å². The lowest BCUT2D eigenvalue weighted by molar-refractivity contribution is -0.138. The highest BCUT2D eigenvalue weighted by atomic mass is 28.4. The molecule has 0 spiro atoms. The SMILES string of the molecule is CC(C)(C)[Si](C)(C)ONC(=O)C1CC2CCN1CC2. The Kier molecular flexibility index (Phi) is 4.09. The molecule has 3 fully saturated rings. The zero-order valence-electron chi connectivity index (χ0n) is 13.0. The number of nitrogens with zero attached hydrogens (tertiary/aromatic N) is 1. The fraction of sp³-hybridized carbons (Fsp3) is 0.929. The number of piperidine rings is 3. The number of nitrogens with one attached hydrogen (secondary N) is 1. The van der Waals surface area contributed by atoms with Crippen LogP contribution in [0, 0.1) is 5.92 Å². The Balaban J connectivity index is 1.88. The lowest BCUT2D eigenvalue weighted by Crippen LogP contribution is -2.57. The summed E-state index contributed by atoms with van der Waals surface area (Å²) in [6, 6.07) is 0.0391. The van der Waals surface area contributed by atoms with Gasteiger partial charge in [0.05, 0.1) is 6.04 Å². The zero-order chi connectivity index (χ0) is 14.3. The molecule has 1 atom stereocenters. The van der Waals surface area contributed by atoms with Crippen molar-refractivity contribution in [3.05, 3.63) is 0 Å². The Morgan fingerprint density at radius 2 is 1.84 bits per heavy atom. The van der Waals surface area contributed by atoms with Crippen LogP contribution in [0.2, 0.25) is 18.1 Å². The van der Waals surface area contributed by atoms with Crippen molar-refractivity contribution in [2.45, 2.75) is 64.2 Å². The molecule has 3 aliphatic rings. The lowest BCUT2D eigenvalue weighted by atomic mass is 9.83. The largest absolute Gasteiger partial charge is 0.319 e. The summed E-state index contributed by atoms with van der Waals surface area (Å²) in [5, 5.41) is 0.117. The number of rotatable bonds is 3. The molecule has 0 aromatic rings. The summed E-state index contributed by atoms with van der Waals surface area (Å²) < 4.78 is 5.83. The minimum absolute atomic E-state index is 0.0391. The molecule has 1 unspecified atom stereocenters. The van der Waals surface area contributed by atoms with Crippen molar-refractivity contribution in [1.82, 2.24) is 10.4 Å². The fourth-order valence-electron chi connectivity index (χ4n) is 2.64. The highest BCUT2D eigenvalue weighted by Gasteiger charge is 2.41. The van der Waals surface area contributed by atoms with E-state index in [1.54, 1.807) is 0 Å². The fourth-order valence-corrected chi connectivity index (χ4v) is 3.30. The predicted octanol–water partition coefficient (Wildman–Crippen LogP) is 2.52. The van der Waals surface area contributed by atoms with E-state index in [4.69, 9.17) is 4.53 Å². The molecule has 4 nitrogen and oxygen atoms in total. The molecule has 3 rings (SSSR count). The Hall–Kier alpha value is -0.393. The van der Waals surface area contributed by atoms with Crippen LogP contribution < -0.4 is 5.48 Å². The van der Waals surface area contributed by atoms with Gasteiger partial charge in [-0.2, -0.15) is 0 Å². The van der Waals surface area contributed by atoms with E-state index in [9.17, 15) is 4.79 Å². The number of carbonyl (C=O) groups excluding carboxylic acids is 1. The number of amides is 1. The predicted molar refractivity (Wildman–Crippen MR) is 79.1 cm³/mol. The minimum atomic E-state index is -1.90. The van der Waals surface area contributed by atoms with E-state index in [0.717, 1.165) is 25.4 Å². The maximum absolute atomic E-state index is 12.3. The molecule has 0 aromatic heterocycles. The number of fused-ring (bicyclic) bond motifs is 3. The number of hydroxylamine groups is 1. The summed E-state index contributed by atoms with van der Waals surface area (Å²) in [7, 11) is -1.90. The Bertz CT molecular complexity index is 344. The summed E-state index contributed by atoms with van der Waals surface area (Å²) >= 11 is 0. The van der Waals surface area contributed by atoms with Gasteiger partial charge in [0.15, 0.2) is 0 Å². The molecule has 0 aliphatic carbocycles. The van der Waals surface area contributed by atoms with Crippen molar-refractivity contribution in [3.63, 3.8) is 0 Å². The van der Waals surface area contributed by atoms with Crippen LogP contribution in [0.3, 0.4) is 0 Å². The van der Waals surface area contributed by atoms with Crippen molar-refractivity contribution in [1.29, 1.82) is 0 Å². The third-order valence-corrected chi connectivity index (χ3v) is 9.39. The molecule has 3 heterocycles. The number of hydrogen-bond acceptors (Lipinski definition) is 3. The van der Waals surface area contributed by atoms with Gasteiger partial charge in [0.25, 0.3) is 5.91 Å². The lowest BCUT2D eigenvalue weighted by Gasteiger charge is -2.44. The summed E-state index contributed by atoms with van der Waals surface area (Å²) in [4.78, 5) is 14.6. The van der Waals surface area contributed by atoms with Gasteiger partial charge in [0.2, 0.25) is 8.32 Å². The summed E-state index contributed by atoms with van der Waals surface area (Å²) in [5.74, 6) is 0.808. The second-order valence-electron chi connectivity index (χ2n) is 7.56. The van der Waals surface area contributed by atoms with Gasteiger partial charge in [-0.05, 0) is 56.4 Å². The standard InChI is InChI=1S/C14H28N2O2Si/c1-14(2,3)19(4,5)18-15-13(17)12-10-11-6-8-16(12)9-7-11/h11-12H,6-10H2,1-5H3,(H,15,17). The first-order chi connectivity index (χ1) is 8.71. The average Bonchev–Trinajstić information content (AvgIpc) is 2.36. The van der Waals surface area contributed by atoms with Gasteiger partial charge in [0.1, 0.15) is 0 Å². The molecular formula is C14H28N2O2Si. The maximum atomic E-state index is 12.3. The van der Waals surface area contributed by atoms with Crippen LogP contribution in [-0.4, -0.2) is 38.3 Å². The summed E-state index contributed by atoms with van der Waals surface area (Å²) in [6.45, 7) is 13.0. The van der Waals surface area contributed by atoms with Gasteiger partial charge in [-0.15, -0.1) is 0 Å². The Morgan fingerprint density at radius 1 is 1.26 bits per heavy atom. The molecule has 0 aromatic carbocycles. The van der Waals surface area contributed by atoms with Crippen LogP contribution in [0.5, 0.6) is 0 Å². The van der Waals surface area contributed by atoms with Gasteiger partial charge in [-0.25, -0.2) is 5.48 Å². The van der Waals surface area contributed by atoms with E-state index in [1.807, 2.05) is 0 Å². The number of hydrogen-bond donors (Lipinski definition) is 1. The third kappa shape index (κ3) is 3.20. The second kappa shape index (κ2) is 5.18. The van der Waals surface area contributed by atoms with Crippen molar-refractivity contribution in [2.24, 2.45) is 5.92 Å². The van der Waals surface area contributed by atoms with E-state index in [0.29, 0.717) is 0 Å². The quantitative estimate of drug-likeness (QED) is 0.639. The smallest absolute Gasteiger partial charge is 0.259 e. The first kappa shape index (κ1) is 15.0. The summed E-state index contributed by atoms with van der Waals surface area (Å²) in [6.07, 6.45) is 3.52.